The van der Waals surface area contributed by atoms with Crippen molar-refractivity contribution in [3.8, 4) is 5.75 Å². The summed E-state index contributed by atoms with van der Waals surface area (Å²) in [6.45, 7) is 0.564. The molecule has 0 aliphatic carbocycles. The molecular formula is C14H16ClN3O5. The van der Waals surface area contributed by atoms with Gasteiger partial charge in [0.25, 0.3) is 11.6 Å². The lowest BCUT2D eigenvalue weighted by Crippen LogP contribution is -2.45. The van der Waals surface area contributed by atoms with Crippen molar-refractivity contribution >= 4 is 29.1 Å². The number of non-ortho nitro benzene ring substituents is 1. The maximum atomic E-state index is 12.1. The number of halogens is 1. The number of hydrogen-bond acceptors (Lipinski definition) is 5. The van der Waals surface area contributed by atoms with E-state index in [0.29, 0.717) is 19.4 Å². The highest BCUT2D eigenvalue weighted by Gasteiger charge is 2.27. The lowest BCUT2D eigenvalue weighted by atomic mass is 9.97. The van der Waals surface area contributed by atoms with Gasteiger partial charge in [-0.2, -0.15) is 0 Å². The van der Waals surface area contributed by atoms with E-state index in [1.165, 1.54) is 17.0 Å². The lowest BCUT2D eigenvalue weighted by Gasteiger charge is -2.31. The van der Waals surface area contributed by atoms with Gasteiger partial charge in [-0.05, 0) is 18.9 Å². The van der Waals surface area contributed by atoms with Crippen molar-refractivity contribution in [1.29, 1.82) is 0 Å². The zero-order chi connectivity index (χ0) is 17.0. The van der Waals surface area contributed by atoms with Gasteiger partial charge in [0.15, 0.2) is 6.61 Å². The molecule has 2 N–H and O–H groups in total. The normalized spacial score (nSPS) is 17.6. The number of nitrogens with zero attached hydrogens (tertiary/aromatic N) is 2. The van der Waals surface area contributed by atoms with Gasteiger partial charge in [-0.3, -0.25) is 19.7 Å². The third-order valence-electron chi connectivity index (χ3n) is 3.65. The summed E-state index contributed by atoms with van der Waals surface area (Å²) in [6, 6.07) is 3.75. The standard InChI is InChI=1S/C14H16ClN3O5/c15-11-6-10(18(21)22)3-4-12(11)23-8-13(19)17-5-1-2-9(7-17)14(16)20/h3-4,6,9H,1-2,5,7-8H2,(H2,16,20). The fourth-order valence-electron chi connectivity index (χ4n) is 2.39. The second kappa shape index (κ2) is 7.28. The van der Waals surface area contributed by atoms with Crippen LogP contribution in [-0.2, 0) is 9.59 Å². The van der Waals surface area contributed by atoms with E-state index < -0.39 is 10.8 Å². The van der Waals surface area contributed by atoms with Gasteiger partial charge in [0.05, 0.1) is 15.9 Å². The van der Waals surface area contributed by atoms with Crippen LogP contribution in [0.2, 0.25) is 5.02 Å². The van der Waals surface area contributed by atoms with E-state index >= 15 is 0 Å². The first-order valence-corrected chi connectivity index (χ1v) is 7.40. The summed E-state index contributed by atoms with van der Waals surface area (Å²) in [5.41, 5.74) is 5.11. The minimum atomic E-state index is -0.571. The Bertz CT molecular complexity index is 637. The number of nitro benzene ring substituents is 1. The highest BCUT2D eigenvalue weighted by Crippen LogP contribution is 2.28. The monoisotopic (exact) mass is 341 g/mol. The summed E-state index contributed by atoms with van der Waals surface area (Å²) in [7, 11) is 0. The Balaban J connectivity index is 1.94. The van der Waals surface area contributed by atoms with Crippen LogP contribution >= 0.6 is 11.6 Å². The molecule has 9 heteroatoms. The lowest BCUT2D eigenvalue weighted by molar-refractivity contribution is -0.384. The van der Waals surface area contributed by atoms with Crippen molar-refractivity contribution in [1.82, 2.24) is 4.90 Å². The first-order chi connectivity index (χ1) is 10.9. The van der Waals surface area contributed by atoms with Gasteiger partial charge in [0, 0.05) is 25.2 Å². The van der Waals surface area contributed by atoms with E-state index in [-0.39, 0.29) is 41.4 Å². The molecule has 8 nitrogen and oxygen atoms in total. The summed E-state index contributed by atoms with van der Waals surface area (Å²) in [5, 5.41) is 10.7. The number of likely N-dealkylation sites (tertiary alicyclic amines) is 1. The van der Waals surface area contributed by atoms with Crippen LogP contribution in [0.15, 0.2) is 18.2 Å². The average molecular weight is 342 g/mol. The molecule has 1 aromatic carbocycles. The summed E-state index contributed by atoms with van der Waals surface area (Å²) in [6.07, 6.45) is 1.38. The van der Waals surface area contributed by atoms with Gasteiger partial charge in [0.1, 0.15) is 5.75 Å². The number of carbonyl (C=O) groups excluding carboxylic acids is 2. The number of nitro groups is 1. The Labute approximate surface area is 137 Å². The molecule has 23 heavy (non-hydrogen) atoms. The Morgan fingerprint density at radius 3 is 2.83 bits per heavy atom. The molecule has 124 valence electrons. The van der Waals surface area contributed by atoms with Crippen molar-refractivity contribution in [2.75, 3.05) is 19.7 Å². The highest BCUT2D eigenvalue weighted by molar-refractivity contribution is 6.32. The third kappa shape index (κ3) is 4.32. The van der Waals surface area contributed by atoms with Crippen LogP contribution in [0.25, 0.3) is 0 Å². The fraction of sp³-hybridized carbons (Fsp3) is 0.429. The molecule has 0 bridgehead atoms. The maximum absolute atomic E-state index is 12.1. The molecule has 1 aliphatic heterocycles. The van der Waals surface area contributed by atoms with Crippen molar-refractivity contribution < 1.29 is 19.2 Å². The second-order valence-corrected chi connectivity index (χ2v) is 5.65. The average Bonchev–Trinajstić information content (AvgIpc) is 2.53. The smallest absolute Gasteiger partial charge is 0.271 e. The molecule has 0 spiro atoms. The Morgan fingerprint density at radius 2 is 2.22 bits per heavy atom. The topological polar surface area (TPSA) is 116 Å². The molecule has 2 amide bonds. The van der Waals surface area contributed by atoms with Crippen LogP contribution in [0.4, 0.5) is 5.69 Å². The minimum absolute atomic E-state index is 0.0562. The zero-order valence-corrected chi connectivity index (χ0v) is 13.0. The second-order valence-electron chi connectivity index (χ2n) is 5.24. The largest absolute Gasteiger partial charge is 0.482 e. The number of primary amides is 1. The number of hydrogen-bond donors (Lipinski definition) is 1. The zero-order valence-electron chi connectivity index (χ0n) is 12.2. The van der Waals surface area contributed by atoms with Gasteiger partial charge < -0.3 is 15.4 Å². The van der Waals surface area contributed by atoms with Crippen LogP contribution in [0, 0.1) is 16.0 Å². The van der Waals surface area contributed by atoms with Crippen molar-refractivity contribution in [3.63, 3.8) is 0 Å². The van der Waals surface area contributed by atoms with E-state index in [4.69, 9.17) is 22.1 Å². The van der Waals surface area contributed by atoms with Crippen LogP contribution < -0.4 is 10.5 Å². The van der Waals surface area contributed by atoms with Crippen molar-refractivity contribution in [2.45, 2.75) is 12.8 Å². The molecule has 1 fully saturated rings. The molecule has 2 rings (SSSR count). The summed E-state index contributed by atoms with van der Waals surface area (Å²) >= 11 is 5.89. The summed E-state index contributed by atoms with van der Waals surface area (Å²) < 4.78 is 5.32. The quantitative estimate of drug-likeness (QED) is 0.641. The number of benzene rings is 1. The van der Waals surface area contributed by atoms with E-state index in [9.17, 15) is 19.7 Å². The molecule has 0 saturated carbocycles. The van der Waals surface area contributed by atoms with Crippen molar-refractivity contribution in [2.24, 2.45) is 11.7 Å². The molecule has 1 heterocycles. The van der Waals surface area contributed by atoms with Crippen molar-refractivity contribution in [3.05, 3.63) is 33.3 Å². The van der Waals surface area contributed by atoms with Crippen LogP contribution in [-0.4, -0.2) is 41.3 Å². The number of ether oxygens (including phenoxy) is 1. The predicted molar refractivity (Wildman–Crippen MR) is 82.1 cm³/mol. The number of piperidine rings is 1. The number of nitrogens with two attached hydrogens (primary N) is 1. The molecule has 1 aromatic rings. The predicted octanol–water partition coefficient (Wildman–Crippen LogP) is 1.35. The van der Waals surface area contributed by atoms with Crippen LogP contribution in [0.3, 0.4) is 0 Å². The number of amides is 2. The maximum Gasteiger partial charge on any atom is 0.271 e. The van der Waals surface area contributed by atoms with E-state index in [0.717, 1.165) is 6.07 Å². The number of carbonyl (C=O) groups is 2. The fourth-order valence-corrected chi connectivity index (χ4v) is 2.62. The van der Waals surface area contributed by atoms with Gasteiger partial charge in [-0.15, -0.1) is 0 Å². The first kappa shape index (κ1) is 17.0. The molecular weight excluding hydrogens is 326 g/mol. The molecule has 0 aromatic heterocycles. The van der Waals surface area contributed by atoms with Gasteiger partial charge in [-0.1, -0.05) is 11.6 Å². The minimum Gasteiger partial charge on any atom is -0.482 e. The summed E-state index contributed by atoms with van der Waals surface area (Å²) in [4.78, 5) is 34.9. The highest BCUT2D eigenvalue weighted by atomic mass is 35.5. The molecule has 0 radical (unpaired) electrons. The summed E-state index contributed by atoms with van der Waals surface area (Å²) in [5.74, 6) is -0.850. The Hall–Kier alpha value is -2.35. The van der Waals surface area contributed by atoms with Gasteiger partial charge in [0.2, 0.25) is 5.91 Å². The van der Waals surface area contributed by atoms with Crippen LogP contribution in [0.1, 0.15) is 12.8 Å². The molecule has 1 aliphatic rings. The SMILES string of the molecule is NC(=O)C1CCCN(C(=O)COc2ccc([N+](=O)[O-])cc2Cl)C1. The van der Waals surface area contributed by atoms with Gasteiger partial charge in [-0.25, -0.2) is 0 Å². The Morgan fingerprint density at radius 1 is 1.48 bits per heavy atom. The molecule has 1 saturated heterocycles. The molecule has 1 unspecified atom stereocenters. The number of rotatable bonds is 5. The first-order valence-electron chi connectivity index (χ1n) is 7.02. The van der Waals surface area contributed by atoms with Crippen LogP contribution in [0.5, 0.6) is 5.75 Å². The van der Waals surface area contributed by atoms with E-state index in [1.807, 2.05) is 0 Å². The third-order valence-corrected chi connectivity index (χ3v) is 3.95. The van der Waals surface area contributed by atoms with Gasteiger partial charge >= 0.3 is 0 Å². The van der Waals surface area contributed by atoms with E-state index in [1.54, 1.807) is 0 Å². The Kier molecular flexibility index (Phi) is 5.38. The molecule has 1 atom stereocenters. The van der Waals surface area contributed by atoms with E-state index in [2.05, 4.69) is 0 Å².